The second kappa shape index (κ2) is 2.62. The van der Waals surface area contributed by atoms with Crippen LogP contribution in [0, 0.1) is 6.92 Å². The summed E-state index contributed by atoms with van der Waals surface area (Å²) in [6, 6.07) is 5.63. The third-order valence-corrected chi connectivity index (χ3v) is 2.06. The van der Waals surface area contributed by atoms with Gasteiger partial charge in [0.2, 0.25) is 0 Å². The van der Waals surface area contributed by atoms with Crippen LogP contribution in [-0.2, 0) is 0 Å². The number of carbonyl (C=O) groups excluding carboxylic acids is 1. The zero-order valence-corrected chi connectivity index (χ0v) is 7.20. The van der Waals surface area contributed by atoms with E-state index >= 15 is 0 Å². The molecule has 3 nitrogen and oxygen atoms in total. The van der Waals surface area contributed by atoms with E-state index in [2.05, 4.69) is 0 Å². The van der Waals surface area contributed by atoms with Crippen molar-refractivity contribution in [3.8, 4) is 0 Å². The van der Waals surface area contributed by atoms with Crippen LogP contribution in [-0.4, -0.2) is 5.91 Å². The fourth-order valence-corrected chi connectivity index (χ4v) is 1.39. The molecule has 0 aliphatic rings. The number of rotatable bonds is 1. The minimum atomic E-state index is -0.454. The maximum Gasteiger partial charge on any atom is 0.252 e. The van der Waals surface area contributed by atoms with Gasteiger partial charge in [-0.05, 0) is 12.5 Å². The van der Waals surface area contributed by atoms with Crippen LogP contribution in [0.3, 0.4) is 0 Å². The molecule has 2 N–H and O–H groups in total. The summed E-state index contributed by atoms with van der Waals surface area (Å²) in [5.74, 6) is -0.454. The van der Waals surface area contributed by atoms with Crippen molar-refractivity contribution < 1.29 is 9.21 Å². The summed E-state index contributed by atoms with van der Waals surface area (Å²) < 4.78 is 5.24. The second-order valence-electron chi connectivity index (χ2n) is 2.97. The van der Waals surface area contributed by atoms with Crippen molar-refractivity contribution in [2.24, 2.45) is 5.73 Å². The fourth-order valence-electron chi connectivity index (χ4n) is 1.39. The summed E-state index contributed by atoms with van der Waals surface area (Å²) in [6.45, 7) is 1.93. The van der Waals surface area contributed by atoms with Crippen LogP contribution in [0.15, 0.2) is 28.9 Å². The molecule has 0 spiro atoms. The van der Waals surface area contributed by atoms with E-state index in [4.69, 9.17) is 10.2 Å². The molecular formula is C10H9NO2. The summed E-state index contributed by atoms with van der Waals surface area (Å²) in [6.07, 6.45) is 1.40. The molecule has 0 bridgehead atoms. The third kappa shape index (κ3) is 1.09. The minimum Gasteiger partial charge on any atom is -0.463 e. The van der Waals surface area contributed by atoms with Crippen LogP contribution in [0.4, 0.5) is 0 Å². The van der Waals surface area contributed by atoms with Crippen LogP contribution in [0.2, 0.25) is 0 Å². The van der Waals surface area contributed by atoms with Gasteiger partial charge in [-0.3, -0.25) is 4.79 Å². The van der Waals surface area contributed by atoms with Gasteiger partial charge in [-0.1, -0.05) is 18.2 Å². The average molecular weight is 175 g/mol. The van der Waals surface area contributed by atoms with E-state index in [1.54, 1.807) is 0 Å². The van der Waals surface area contributed by atoms with Crippen molar-refractivity contribution in [2.75, 3.05) is 0 Å². The first-order chi connectivity index (χ1) is 6.20. The molecule has 0 fully saturated rings. The average Bonchev–Trinajstić information content (AvgIpc) is 2.48. The lowest BCUT2D eigenvalue weighted by molar-refractivity contribution is 0.100. The molecule has 1 amide bonds. The first kappa shape index (κ1) is 7.86. The smallest absolute Gasteiger partial charge is 0.252 e. The number of para-hydroxylation sites is 1. The molecule has 0 aliphatic carbocycles. The lowest BCUT2D eigenvalue weighted by atomic mass is 10.1. The minimum absolute atomic E-state index is 0.443. The van der Waals surface area contributed by atoms with E-state index in [-0.39, 0.29) is 0 Å². The standard InChI is InChI=1S/C10H9NO2/c1-6-3-2-4-7-8(10(11)12)5-13-9(6)7/h2-5H,1H3,(H2,11,12). The highest BCUT2D eigenvalue weighted by Crippen LogP contribution is 2.23. The Morgan fingerprint density at radius 3 is 2.92 bits per heavy atom. The number of fused-ring (bicyclic) bond motifs is 1. The summed E-state index contributed by atoms with van der Waals surface area (Å²) in [7, 11) is 0. The van der Waals surface area contributed by atoms with E-state index in [0.717, 1.165) is 16.5 Å². The van der Waals surface area contributed by atoms with Gasteiger partial charge in [-0.25, -0.2) is 0 Å². The molecule has 0 atom stereocenters. The highest BCUT2D eigenvalue weighted by atomic mass is 16.3. The van der Waals surface area contributed by atoms with E-state index in [9.17, 15) is 4.79 Å². The van der Waals surface area contributed by atoms with Crippen molar-refractivity contribution in [1.82, 2.24) is 0 Å². The molecule has 2 rings (SSSR count). The maximum absolute atomic E-state index is 10.9. The number of hydrogen-bond acceptors (Lipinski definition) is 2. The van der Waals surface area contributed by atoms with Gasteiger partial charge in [0.25, 0.3) is 5.91 Å². The third-order valence-electron chi connectivity index (χ3n) is 2.06. The summed E-state index contributed by atoms with van der Waals surface area (Å²) >= 11 is 0. The number of primary amides is 1. The highest BCUT2D eigenvalue weighted by Gasteiger charge is 2.10. The number of furan rings is 1. The van der Waals surface area contributed by atoms with Crippen LogP contribution < -0.4 is 5.73 Å². The van der Waals surface area contributed by atoms with Gasteiger partial charge in [0, 0.05) is 5.39 Å². The Labute approximate surface area is 75.1 Å². The number of amides is 1. The molecule has 1 heterocycles. The molecule has 0 saturated heterocycles. The topological polar surface area (TPSA) is 56.2 Å². The number of hydrogen-bond donors (Lipinski definition) is 1. The van der Waals surface area contributed by atoms with E-state index in [0.29, 0.717) is 5.56 Å². The zero-order chi connectivity index (χ0) is 9.42. The fraction of sp³-hybridized carbons (Fsp3) is 0.100. The molecule has 0 aliphatic heterocycles. The Morgan fingerprint density at radius 1 is 1.46 bits per heavy atom. The van der Waals surface area contributed by atoms with Crippen molar-refractivity contribution in [3.63, 3.8) is 0 Å². The van der Waals surface area contributed by atoms with Crippen molar-refractivity contribution in [3.05, 3.63) is 35.6 Å². The van der Waals surface area contributed by atoms with Gasteiger partial charge < -0.3 is 10.2 Å². The Bertz CT molecular complexity index is 471. The molecule has 0 unspecified atom stereocenters. The van der Waals surface area contributed by atoms with Crippen LogP contribution >= 0.6 is 0 Å². The lowest BCUT2D eigenvalue weighted by Gasteiger charge is -1.93. The Kier molecular flexibility index (Phi) is 1.59. The van der Waals surface area contributed by atoms with Gasteiger partial charge in [-0.2, -0.15) is 0 Å². The molecule has 3 heteroatoms. The predicted molar refractivity (Wildman–Crippen MR) is 49.5 cm³/mol. The van der Waals surface area contributed by atoms with Crippen molar-refractivity contribution >= 4 is 16.9 Å². The van der Waals surface area contributed by atoms with Crippen LogP contribution in [0.5, 0.6) is 0 Å². The molecular weight excluding hydrogens is 166 g/mol. The number of carbonyl (C=O) groups is 1. The highest BCUT2D eigenvalue weighted by molar-refractivity contribution is 6.05. The van der Waals surface area contributed by atoms with E-state index in [1.807, 2.05) is 25.1 Å². The first-order valence-corrected chi connectivity index (χ1v) is 3.97. The summed E-state index contributed by atoms with van der Waals surface area (Å²) in [5.41, 5.74) is 7.36. The molecule has 0 radical (unpaired) electrons. The quantitative estimate of drug-likeness (QED) is 0.718. The van der Waals surface area contributed by atoms with E-state index < -0.39 is 5.91 Å². The largest absolute Gasteiger partial charge is 0.463 e. The summed E-state index contributed by atoms with van der Waals surface area (Å²) in [4.78, 5) is 10.9. The Morgan fingerprint density at radius 2 is 2.23 bits per heavy atom. The SMILES string of the molecule is Cc1cccc2c(C(N)=O)coc12. The lowest BCUT2D eigenvalue weighted by Crippen LogP contribution is -2.09. The first-order valence-electron chi connectivity index (χ1n) is 3.97. The molecule has 13 heavy (non-hydrogen) atoms. The molecule has 2 aromatic rings. The van der Waals surface area contributed by atoms with Gasteiger partial charge >= 0.3 is 0 Å². The van der Waals surface area contributed by atoms with Gasteiger partial charge in [0.15, 0.2) is 0 Å². The number of benzene rings is 1. The van der Waals surface area contributed by atoms with Crippen molar-refractivity contribution in [1.29, 1.82) is 0 Å². The zero-order valence-electron chi connectivity index (χ0n) is 7.20. The molecule has 0 saturated carbocycles. The number of nitrogens with two attached hydrogens (primary N) is 1. The molecule has 1 aromatic heterocycles. The second-order valence-corrected chi connectivity index (χ2v) is 2.97. The van der Waals surface area contributed by atoms with Gasteiger partial charge in [0.1, 0.15) is 11.8 Å². The van der Waals surface area contributed by atoms with Crippen molar-refractivity contribution in [2.45, 2.75) is 6.92 Å². The van der Waals surface area contributed by atoms with Gasteiger partial charge in [-0.15, -0.1) is 0 Å². The normalized spacial score (nSPS) is 10.5. The Hall–Kier alpha value is -1.77. The van der Waals surface area contributed by atoms with Crippen LogP contribution in [0.1, 0.15) is 15.9 Å². The monoisotopic (exact) mass is 175 g/mol. The van der Waals surface area contributed by atoms with Gasteiger partial charge in [0.05, 0.1) is 5.56 Å². The predicted octanol–water partition coefficient (Wildman–Crippen LogP) is 1.84. The molecule has 1 aromatic carbocycles. The molecule has 66 valence electrons. The number of aryl methyl sites for hydroxylation is 1. The van der Waals surface area contributed by atoms with Crippen LogP contribution in [0.25, 0.3) is 11.0 Å². The Balaban J connectivity index is 2.83. The summed E-state index contributed by atoms with van der Waals surface area (Å²) in [5, 5.41) is 0.785. The van der Waals surface area contributed by atoms with E-state index in [1.165, 1.54) is 6.26 Å². The maximum atomic E-state index is 10.9.